The molecule has 10 nitrogen and oxygen atoms in total. The maximum Gasteiger partial charge on any atom is 0.277 e. The van der Waals surface area contributed by atoms with Crippen molar-refractivity contribution in [3.05, 3.63) is 52.2 Å². The Morgan fingerprint density at radius 2 is 1.79 bits per heavy atom. The van der Waals surface area contributed by atoms with Gasteiger partial charge in [0.1, 0.15) is 43.2 Å². The number of halogens is 2. The Balaban J connectivity index is 0.00000176. The number of fused-ring (bicyclic) bond motifs is 4. The number of nitrogens with one attached hydrogen (secondary N) is 2. The lowest BCUT2D eigenvalue weighted by Crippen LogP contribution is -3.26. The average molecular weight is 578 g/mol. The molecule has 1 saturated heterocycles. The van der Waals surface area contributed by atoms with E-state index in [2.05, 4.69) is 17.1 Å². The van der Waals surface area contributed by atoms with Gasteiger partial charge in [0.05, 0.1) is 24.9 Å². The van der Waals surface area contributed by atoms with E-state index in [1.54, 1.807) is 12.0 Å². The number of pyridine rings is 1. The molecular formula is C27H34Cl2N6O4. The number of piperazine rings is 1. The lowest BCUT2D eigenvalue weighted by Gasteiger charge is -2.29. The second kappa shape index (κ2) is 12.0. The molecule has 0 amide bonds. The molecule has 2 aliphatic rings. The predicted octanol–water partition coefficient (Wildman–Crippen LogP) is -5.83. The zero-order chi connectivity index (χ0) is 25.5. The summed E-state index contributed by atoms with van der Waals surface area (Å²) in [6.45, 7) is 10.3. The minimum Gasteiger partial charge on any atom is -1.00 e. The summed E-state index contributed by atoms with van der Waals surface area (Å²) >= 11 is 0. The van der Waals surface area contributed by atoms with Gasteiger partial charge in [0.25, 0.3) is 5.56 Å². The smallest absolute Gasteiger partial charge is 0.277 e. The molecule has 0 spiro atoms. The SMILES string of the molecule is CCc1nc(C)c2c(=O)n(CCC[NH+]3CC[NH+](c4ccc5c(c4)OCO5)CC3)c3ccc(OC)nc3n12.[Cl-].[Cl-]. The van der Waals surface area contributed by atoms with Crippen molar-refractivity contribution in [2.75, 3.05) is 46.6 Å². The number of imidazole rings is 1. The molecule has 0 unspecified atom stereocenters. The maximum atomic E-state index is 13.6. The molecule has 0 saturated carbocycles. The molecule has 1 fully saturated rings. The molecule has 1 aromatic carbocycles. The summed E-state index contributed by atoms with van der Waals surface area (Å²) in [6.07, 6.45) is 1.63. The third kappa shape index (κ3) is 5.26. The van der Waals surface area contributed by atoms with Crippen LogP contribution >= 0.6 is 0 Å². The van der Waals surface area contributed by atoms with Crippen LogP contribution in [0.3, 0.4) is 0 Å². The lowest BCUT2D eigenvalue weighted by molar-refractivity contribution is -0.986. The fraction of sp³-hybridized carbons (Fsp3) is 0.444. The third-order valence-corrected chi connectivity index (χ3v) is 7.68. The number of aryl methyl sites for hydroxylation is 3. The summed E-state index contributed by atoms with van der Waals surface area (Å²) in [5, 5.41) is 0. The third-order valence-electron chi connectivity index (χ3n) is 7.68. The number of aromatic nitrogens is 4. The Bertz CT molecular complexity index is 1530. The molecule has 4 aromatic rings. The van der Waals surface area contributed by atoms with Crippen LogP contribution in [0.5, 0.6) is 17.4 Å². The predicted molar refractivity (Wildman–Crippen MR) is 139 cm³/mol. The molecule has 12 heteroatoms. The highest BCUT2D eigenvalue weighted by molar-refractivity contribution is 5.77. The van der Waals surface area contributed by atoms with Crippen molar-refractivity contribution in [3.8, 4) is 17.4 Å². The van der Waals surface area contributed by atoms with Crippen LogP contribution in [-0.2, 0) is 13.0 Å². The van der Waals surface area contributed by atoms with Gasteiger partial charge in [0.2, 0.25) is 12.7 Å². The van der Waals surface area contributed by atoms with Crippen LogP contribution in [0, 0.1) is 6.92 Å². The molecular weight excluding hydrogens is 543 g/mol. The molecule has 2 N–H and O–H groups in total. The summed E-state index contributed by atoms with van der Waals surface area (Å²) in [7, 11) is 1.61. The van der Waals surface area contributed by atoms with Gasteiger partial charge in [-0.15, -0.1) is 0 Å². The van der Waals surface area contributed by atoms with Crippen LogP contribution < -0.4 is 54.4 Å². The van der Waals surface area contributed by atoms with Gasteiger partial charge in [-0.05, 0) is 19.1 Å². The van der Waals surface area contributed by atoms with Crippen LogP contribution in [0.15, 0.2) is 35.1 Å². The van der Waals surface area contributed by atoms with Crippen LogP contribution in [0.2, 0.25) is 0 Å². The molecule has 0 atom stereocenters. The fourth-order valence-corrected chi connectivity index (χ4v) is 5.72. The molecule has 0 bridgehead atoms. The molecule has 39 heavy (non-hydrogen) atoms. The Kier molecular flexibility index (Phi) is 8.90. The number of benzene rings is 1. The summed E-state index contributed by atoms with van der Waals surface area (Å²) in [6, 6.07) is 10.0. The standard InChI is InChI=1S/C27H32N6O4.2ClH/c1-4-23-28-18(2)25-27(34)32(20-7-9-24(35-3)29-26(20)33(23)25)11-5-10-30-12-14-31(15-13-30)19-6-8-21-22(16-19)37-17-36-21;;/h6-9,16H,4-5,10-15,17H2,1-3H3;2*1H. The second-order valence-corrected chi connectivity index (χ2v) is 9.83. The molecule has 3 aromatic heterocycles. The fourth-order valence-electron chi connectivity index (χ4n) is 5.72. The molecule has 210 valence electrons. The molecule has 0 radical (unpaired) electrons. The van der Waals surface area contributed by atoms with Crippen LogP contribution in [0.25, 0.3) is 16.7 Å². The first kappa shape index (κ1) is 28.9. The zero-order valence-electron chi connectivity index (χ0n) is 22.4. The summed E-state index contributed by atoms with van der Waals surface area (Å²) in [4.78, 5) is 26.1. The minimum atomic E-state index is -0.00348. The number of hydrogen-bond acceptors (Lipinski definition) is 6. The van der Waals surface area contributed by atoms with E-state index in [-0.39, 0.29) is 30.4 Å². The van der Waals surface area contributed by atoms with E-state index < -0.39 is 0 Å². The van der Waals surface area contributed by atoms with Gasteiger partial charge in [-0.2, -0.15) is 4.98 Å². The lowest BCUT2D eigenvalue weighted by atomic mass is 10.2. The van der Waals surface area contributed by atoms with E-state index in [0.717, 1.165) is 79.7 Å². The number of rotatable bonds is 7. The minimum absolute atomic E-state index is 0. The first-order chi connectivity index (χ1) is 18.1. The summed E-state index contributed by atoms with van der Waals surface area (Å²) < 4.78 is 20.2. The van der Waals surface area contributed by atoms with Gasteiger partial charge in [-0.1, -0.05) is 6.92 Å². The van der Waals surface area contributed by atoms with Crippen LogP contribution in [-0.4, -0.2) is 65.6 Å². The van der Waals surface area contributed by atoms with Crippen LogP contribution in [0.1, 0.15) is 24.9 Å². The van der Waals surface area contributed by atoms with Crippen molar-refractivity contribution in [3.63, 3.8) is 0 Å². The second-order valence-electron chi connectivity index (χ2n) is 9.83. The van der Waals surface area contributed by atoms with E-state index >= 15 is 0 Å². The Morgan fingerprint density at radius 3 is 2.54 bits per heavy atom. The van der Waals surface area contributed by atoms with E-state index in [1.165, 1.54) is 10.6 Å². The molecule has 6 rings (SSSR count). The van der Waals surface area contributed by atoms with Gasteiger partial charge in [-0.3, -0.25) is 14.1 Å². The van der Waals surface area contributed by atoms with E-state index in [0.29, 0.717) is 24.7 Å². The van der Waals surface area contributed by atoms with Crippen molar-refractivity contribution >= 4 is 22.4 Å². The number of nitrogens with zero attached hydrogens (tertiary/aromatic N) is 4. The monoisotopic (exact) mass is 576 g/mol. The number of methoxy groups -OCH3 is 1. The van der Waals surface area contributed by atoms with E-state index in [9.17, 15) is 4.79 Å². The van der Waals surface area contributed by atoms with Crippen molar-refractivity contribution in [1.82, 2.24) is 18.9 Å². The quantitative estimate of drug-likeness (QED) is 0.228. The topological polar surface area (TPSA) is 88.8 Å². The van der Waals surface area contributed by atoms with E-state index in [4.69, 9.17) is 19.2 Å². The Morgan fingerprint density at radius 1 is 1.03 bits per heavy atom. The van der Waals surface area contributed by atoms with Gasteiger partial charge in [0, 0.05) is 37.6 Å². The first-order valence-electron chi connectivity index (χ1n) is 13.1. The Hall–Kier alpha value is -3.05. The normalized spacial score (nSPS) is 18.1. The summed E-state index contributed by atoms with van der Waals surface area (Å²) in [5.74, 6) is 3.05. The first-order valence-corrected chi connectivity index (χ1v) is 13.1. The number of hydrogen-bond donors (Lipinski definition) is 2. The van der Waals surface area contributed by atoms with Gasteiger partial charge >= 0.3 is 0 Å². The van der Waals surface area contributed by atoms with Gasteiger partial charge in [0.15, 0.2) is 17.1 Å². The highest BCUT2D eigenvalue weighted by Gasteiger charge is 2.26. The zero-order valence-corrected chi connectivity index (χ0v) is 23.9. The van der Waals surface area contributed by atoms with Crippen molar-refractivity contribution in [2.45, 2.75) is 33.2 Å². The molecule has 2 aliphatic heterocycles. The van der Waals surface area contributed by atoms with Crippen molar-refractivity contribution < 1.29 is 48.8 Å². The highest BCUT2D eigenvalue weighted by Crippen LogP contribution is 2.33. The van der Waals surface area contributed by atoms with Gasteiger partial charge < -0.3 is 48.5 Å². The largest absolute Gasteiger partial charge is 1.00 e. The van der Waals surface area contributed by atoms with Crippen molar-refractivity contribution in [1.29, 1.82) is 0 Å². The molecule has 5 heterocycles. The number of quaternary nitrogens is 2. The molecule has 0 aliphatic carbocycles. The highest BCUT2D eigenvalue weighted by atomic mass is 35.5. The Labute approximate surface area is 239 Å². The summed E-state index contributed by atoms with van der Waals surface area (Å²) in [5.41, 5.74) is 4.15. The average Bonchev–Trinajstić information content (AvgIpc) is 3.54. The van der Waals surface area contributed by atoms with Gasteiger partial charge in [-0.25, -0.2) is 4.98 Å². The number of ether oxygens (including phenoxy) is 3. The van der Waals surface area contributed by atoms with Crippen LogP contribution in [0.4, 0.5) is 5.69 Å². The van der Waals surface area contributed by atoms with Crippen molar-refractivity contribution in [2.24, 2.45) is 0 Å². The maximum absolute atomic E-state index is 13.6. The van der Waals surface area contributed by atoms with E-state index in [1.807, 2.05) is 41.0 Å².